The molecular weight excluding hydrogens is 327 g/mol. The first kappa shape index (κ1) is 12.6. The van der Waals surface area contributed by atoms with E-state index in [9.17, 15) is 0 Å². The van der Waals surface area contributed by atoms with Crippen LogP contribution in [0.2, 0.25) is 10.3 Å². The zero-order chi connectivity index (χ0) is 12.4. The second-order valence-electron chi connectivity index (χ2n) is 3.33. The van der Waals surface area contributed by atoms with Gasteiger partial charge in [-0.15, -0.1) is 10.2 Å². The van der Waals surface area contributed by atoms with Crippen LogP contribution < -0.4 is 4.74 Å². The maximum atomic E-state index is 5.86. The highest BCUT2D eigenvalue weighted by Crippen LogP contribution is 2.31. The predicted molar refractivity (Wildman–Crippen MR) is 71.0 cm³/mol. The molecule has 1 aromatic heterocycles. The van der Waals surface area contributed by atoms with Crippen molar-refractivity contribution in [2.24, 2.45) is 0 Å². The number of hydrogen-bond acceptors (Lipinski definition) is 3. The summed E-state index contributed by atoms with van der Waals surface area (Å²) in [5, 5.41) is 7.70. The topological polar surface area (TPSA) is 35.0 Å². The van der Waals surface area contributed by atoms with Crippen molar-refractivity contribution < 1.29 is 4.74 Å². The molecule has 0 atom stereocenters. The maximum absolute atomic E-state index is 5.86. The Hall–Kier alpha value is -0.840. The van der Waals surface area contributed by atoms with Gasteiger partial charge in [-0.25, -0.2) is 0 Å². The van der Waals surface area contributed by atoms with E-state index in [2.05, 4.69) is 26.1 Å². The molecule has 2 aromatic rings. The fourth-order valence-electron chi connectivity index (χ4n) is 1.25. The predicted octanol–water partition coefficient (Wildman–Crippen LogP) is 4.65. The molecule has 0 fully saturated rings. The van der Waals surface area contributed by atoms with Crippen LogP contribution in [0.25, 0.3) is 0 Å². The maximum Gasteiger partial charge on any atom is 0.194 e. The van der Waals surface area contributed by atoms with Crippen molar-refractivity contribution in [3.8, 4) is 11.5 Å². The molecular formula is C11H7BrCl2N2O. The van der Waals surface area contributed by atoms with Crippen molar-refractivity contribution in [2.45, 2.75) is 6.92 Å². The number of aryl methyl sites for hydroxylation is 1. The first-order chi connectivity index (χ1) is 8.06. The van der Waals surface area contributed by atoms with Gasteiger partial charge in [-0.05, 0) is 30.7 Å². The van der Waals surface area contributed by atoms with Crippen LogP contribution in [0.3, 0.4) is 0 Å². The van der Waals surface area contributed by atoms with Crippen LogP contribution in [0.1, 0.15) is 5.56 Å². The van der Waals surface area contributed by atoms with E-state index >= 15 is 0 Å². The van der Waals surface area contributed by atoms with Crippen molar-refractivity contribution in [1.29, 1.82) is 0 Å². The van der Waals surface area contributed by atoms with Gasteiger partial charge in [0.15, 0.2) is 16.1 Å². The molecule has 0 aliphatic heterocycles. The average Bonchev–Trinajstić information content (AvgIpc) is 2.27. The molecule has 0 amide bonds. The lowest BCUT2D eigenvalue weighted by Gasteiger charge is -2.09. The number of aromatic nitrogens is 2. The number of hydrogen-bond donors (Lipinski definition) is 0. The summed E-state index contributed by atoms with van der Waals surface area (Å²) in [6, 6.07) is 7.19. The number of halogens is 3. The molecule has 0 unspecified atom stereocenters. The monoisotopic (exact) mass is 332 g/mol. The van der Waals surface area contributed by atoms with E-state index in [1.165, 1.54) is 6.07 Å². The first-order valence-corrected chi connectivity index (χ1v) is 6.24. The van der Waals surface area contributed by atoms with Crippen LogP contribution in [-0.4, -0.2) is 10.2 Å². The molecule has 0 saturated heterocycles. The molecule has 1 heterocycles. The third kappa shape index (κ3) is 3.09. The van der Waals surface area contributed by atoms with E-state index in [0.29, 0.717) is 11.5 Å². The minimum atomic E-state index is 0.178. The van der Waals surface area contributed by atoms with Gasteiger partial charge in [0.25, 0.3) is 0 Å². The molecule has 0 radical (unpaired) electrons. The highest BCUT2D eigenvalue weighted by Gasteiger charge is 2.08. The number of benzene rings is 1. The Balaban J connectivity index is 2.34. The minimum Gasteiger partial charge on any atom is -0.454 e. The van der Waals surface area contributed by atoms with Crippen LogP contribution in [0.15, 0.2) is 28.7 Å². The Morgan fingerprint density at radius 3 is 2.59 bits per heavy atom. The molecule has 17 heavy (non-hydrogen) atoms. The van der Waals surface area contributed by atoms with Gasteiger partial charge in [-0.2, -0.15) is 0 Å². The fourth-order valence-corrected chi connectivity index (χ4v) is 2.00. The molecule has 1 aromatic carbocycles. The first-order valence-electron chi connectivity index (χ1n) is 4.69. The van der Waals surface area contributed by atoms with E-state index < -0.39 is 0 Å². The Labute approximate surface area is 117 Å². The summed E-state index contributed by atoms with van der Waals surface area (Å²) in [7, 11) is 0. The molecule has 2 rings (SSSR count). The van der Waals surface area contributed by atoms with Crippen molar-refractivity contribution in [3.63, 3.8) is 0 Å². The Morgan fingerprint density at radius 2 is 1.88 bits per heavy atom. The van der Waals surface area contributed by atoms with Gasteiger partial charge in [0.05, 0.1) is 0 Å². The van der Waals surface area contributed by atoms with E-state index in [4.69, 9.17) is 27.9 Å². The lowest BCUT2D eigenvalue weighted by Crippen LogP contribution is -1.92. The molecule has 88 valence electrons. The molecule has 0 aliphatic carbocycles. The third-order valence-electron chi connectivity index (χ3n) is 2.04. The third-order valence-corrected chi connectivity index (χ3v) is 2.98. The van der Waals surface area contributed by atoms with Crippen LogP contribution in [-0.2, 0) is 0 Å². The highest BCUT2D eigenvalue weighted by atomic mass is 79.9. The zero-order valence-electron chi connectivity index (χ0n) is 8.75. The number of ether oxygens (including phenoxy) is 1. The van der Waals surface area contributed by atoms with Crippen molar-refractivity contribution in [1.82, 2.24) is 10.2 Å². The second-order valence-corrected chi connectivity index (χ2v) is 4.99. The summed E-state index contributed by atoms with van der Waals surface area (Å²) in [4.78, 5) is 0. The summed E-state index contributed by atoms with van der Waals surface area (Å²) >= 11 is 15.0. The molecule has 6 heteroatoms. The van der Waals surface area contributed by atoms with Crippen LogP contribution in [0, 0.1) is 6.92 Å². The fraction of sp³-hybridized carbons (Fsp3) is 0.0909. The molecule has 0 bridgehead atoms. The molecule has 0 saturated carbocycles. The Bertz CT molecular complexity index is 563. The van der Waals surface area contributed by atoms with Crippen LogP contribution in [0.4, 0.5) is 0 Å². The highest BCUT2D eigenvalue weighted by molar-refractivity contribution is 9.10. The summed E-state index contributed by atoms with van der Waals surface area (Å²) in [5.74, 6) is 1.08. The quantitative estimate of drug-likeness (QED) is 0.802. The normalized spacial score (nSPS) is 10.4. The van der Waals surface area contributed by atoms with Crippen molar-refractivity contribution >= 4 is 39.1 Å². The van der Waals surface area contributed by atoms with Gasteiger partial charge in [0.1, 0.15) is 5.75 Å². The van der Waals surface area contributed by atoms with E-state index in [1.54, 1.807) is 0 Å². The Kier molecular flexibility index (Phi) is 3.86. The zero-order valence-corrected chi connectivity index (χ0v) is 11.8. The second kappa shape index (κ2) is 5.21. The smallest absolute Gasteiger partial charge is 0.194 e. The summed E-state index contributed by atoms with van der Waals surface area (Å²) in [5.41, 5.74) is 0.975. The largest absolute Gasteiger partial charge is 0.454 e. The summed E-state index contributed by atoms with van der Waals surface area (Å²) in [6.45, 7) is 1.93. The SMILES string of the molecule is Cc1cc(Br)ccc1Oc1cc(Cl)nnc1Cl. The summed E-state index contributed by atoms with van der Waals surface area (Å²) in [6.07, 6.45) is 0. The lowest BCUT2D eigenvalue weighted by molar-refractivity contribution is 0.475. The van der Waals surface area contributed by atoms with E-state index in [-0.39, 0.29) is 10.3 Å². The molecule has 0 spiro atoms. The Morgan fingerprint density at radius 1 is 1.12 bits per heavy atom. The molecule has 0 N–H and O–H groups in total. The van der Waals surface area contributed by atoms with Crippen LogP contribution in [0.5, 0.6) is 11.5 Å². The van der Waals surface area contributed by atoms with Gasteiger partial charge in [0.2, 0.25) is 0 Å². The molecule has 3 nitrogen and oxygen atoms in total. The van der Waals surface area contributed by atoms with Gasteiger partial charge >= 0.3 is 0 Å². The standard InChI is InChI=1S/C11H7BrCl2N2O/c1-6-4-7(12)2-3-8(6)17-9-5-10(13)15-16-11(9)14/h2-5H,1H3. The lowest BCUT2D eigenvalue weighted by atomic mass is 10.2. The average molecular weight is 334 g/mol. The molecule has 0 aliphatic rings. The van der Waals surface area contributed by atoms with Gasteiger partial charge in [-0.1, -0.05) is 39.1 Å². The number of nitrogens with zero attached hydrogens (tertiary/aromatic N) is 2. The van der Waals surface area contributed by atoms with Crippen molar-refractivity contribution in [3.05, 3.63) is 44.6 Å². The van der Waals surface area contributed by atoms with Crippen molar-refractivity contribution in [2.75, 3.05) is 0 Å². The van der Waals surface area contributed by atoms with Gasteiger partial charge < -0.3 is 4.74 Å². The number of rotatable bonds is 2. The van der Waals surface area contributed by atoms with E-state index in [1.807, 2.05) is 25.1 Å². The van der Waals surface area contributed by atoms with Gasteiger partial charge in [-0.3, -0.25) is 0 Å². The summed E-state index contributed by atoms with van der Waals surface area (Å²) < 4.78 is 6.62. The van der Waals surface area contributed by atoms with E-state index in [0.717, 1.165) is 10.0 Å². The minimum absolute atomic E-state index is 0.178. The van der Waals surface area contributed by atoms with Crippen LogP contribution >= 0.6 is 39.1 Å². The van der Waals surface area contributed by atoms with Gasteiger partial charge in [0, 0.05) is 10.5 Å².